The minimum absolute atomic E-state index is 0.0487. The van der Waals surface area contributed by atoms with E-state index < -0.39 is 0 Å². The summed E-state index contributed by atoms with van der Waals surface area (Å²) in [6.07, 6.45) is 37.8. The Morgan fingerprint density at radius 1 is 0.509 bits per heavy atom. The average Bonchev–Trinajstić information content (AvgIpc) is 3.71. The van der Waals surface area contributed by atoms with Gasteiger partial charge in [0.25, 0.3) is 0 Å². The minimum atomic E-state index is -0.0979. The Morgan fingerprint density at radius 3 is 1.47 bits per heavy atom. The van der Waals surface area contributed by atoms with Gasteiger partial charge in [-0.2, -0.15) is 0 Å². The molecular weight excluding hydrogens is 685 g/mol. The van der Waals surface area contributed by atoms with E-state index in [1.165, 1.54) is 148 Å². The first-order valence-electron chi connectivity index (χ1n) is 24.4. The lowest BCUT2D eigenvalue weighted by molar-refractivity contribution is -0.150. The zero-order valence-electron chi connectivity index (χ0n) is 36.9. The molecule has 324 valence electrons. The highest BCUT2D eigenvalue weighted by Crippen LogP contribution is 2.28. The predicted molar refractivity (Wildman–Crippen MR) is 231 cm³/mol. The first kappa shape index (κ1) is 50.0. The van der Waals surface area contributed by atoms with Gasteiger partial charge in [-0.05, 0) is 70.3 Å². The molecule has 2 rings (SSSR count). The number of esters is 2. The maximum Gasteiger partial charge on any atom is 0.306 e. The molecule has 0 spiro atoms. The Hall–Kier alpha value is -1.18. The fraction of sp³-hybridized carbons (Fsp3) is 0.958. The molecule has 2 atom stereocenters. The van der Waals surface area contributed by atoms with Crippen molar-refractivity contribution in [2.75, 3.05) is 46.0 Å². The molecular formula is C48H92N2O5. The highest BCUT2D eigenvalue weighted by atomic mass is 16.5. The third-order valence-corrected chi connectivity index (χ3v) is 12.9. The fourth-order valence-electron chi connectivity index (χ4n) is 8.94. The van der Waals surface area contributed by atoms with E-state index >= 15 is 0 Å². The van der Waals surface area contributed by atoms with Crippen molar-refractivity contribution >= 4 is 11.9 Å². The molecule has 1 N–H and O–H groups in total. The van der Waals surface area contributed by atoms with Crippen molar-refractivity contribution in [2.24, 2.45) is 11.8 Å². The van der Waals surface area contributed by atoms with Gasteiger partial charge in [-0.3, -0.25) is 19.4 Å². The van der Waals surface area contributed by atoms with Crippen LogP contribution in [0.25, 0.3) is 0 Å². The topological polar surface area (TPSA) is 79.3 Å². The molecule has 0 radical (unpaired) electrons. The third-order valence-electron chi connectivity index (χ3n) is 12.9. The van der Waals surface area contributed by atoms with Gasteiger partial charge in [-0.1, -0.05) is 156 Å². The van der Waals surface area contributed by atoms with Crippen LogP contribution in [-0.4, -0.2) is 84.9 Å². The summed E-state index contributed by atoms with van der Waals surface area (Å²) in [6, 6.07) is 1.34. The van der Waals surface area contributed by atoms with Crippen LogP contribution < -0.4 is 0 Å². The first-order valence-corrected chi connectivity index (χ1v) is 24.4. The van der Waals surface area contributed by atoms with E-state index in [0.717, 1.165) is 71.1 Å². The van der Waals surface area contributed by atoms with Crippen molar-refractivity contribution in [3.8, 4) is 0 Å². The van der Waals surface area contributed by atoms with E-state index in [1.54, 1.807) is 0 Å². The molecule has 0 saturated heterocycles. The van der Waals surface area contributed by atoms with Crippen LogP contribution in [0, 0.1) is 11.8 Å². The Kier molecular flexibility index (Phi) is 31.6. The second-order valence-electron chi connectivity index (χ2n) is 17.7. The number of hydrogen-bond donors (Lipinski definition) is 1. The van der Waals surface area contributed by atoms with Gasteiger partial charge in [-0.15, -0.1) is 0 Å². The second-order valence-corrected chi connectivity index (χ2v) is 17.7. The number of unbranched alkanes of at least 4 members (excludes halogenated alkanes) is 16. The molecule has 2 saturated carbocycles. The molecule has 0 bridgehead atoms. The quantitative estimate of drug-likeness (QED) is 0.0492. The predicted octanol–water partition coefficient (Wildman–Crippen LogP) is 12.2. The summed E-state index contributed by atoms with van der Waals surface area (Å²) in [7, 11) is 0. The molecule has 55 heavy (non-hydrogen) atoms. The SMILES string of the molecule is CCCCCCCCCCC(=O)OCC(CCCCN(CCN(CCO)C1CCCC1)C1CCC1)COC(=O)CC(CCCCCC)CCCCCCCC. The lowest BCUT2D eigenvalue weighted by Crippen LogP contribution is -2.47. The number of aliphatic hydroxyl groups excluding tert-OH is 1. The van der Waals surface area contributed by atoms with Crippen molar-refractivity contribution in [1.29, 1.82) is 0 Å². The van der Waals surface area contributed by atoms with Crippen LogP contribution in [0.1, 0.15) is 226 Å². The van der Waals surface area contributed by atoms with Crippen molar-refractivity contribution < 1.29 is 24.2 Å². The van der Waals surface area contributed by atoms with E-state index in [9.17, 15) is 14.7 Å². The van der Waals surface area contributed by atoms with Crippen molar-refractivity contribution in [2.45, 2.75) is 238 Å². The number of hydrogen-bond acceptors (Lipinski definition) is 7. The monoisotopic (exact) mass is 777 g/mol. The molecule has 2 aliphatic rings. The summed E-state index contributed by atoms with van der Waals surface area (Å²) in [6.45, 7) is 11.7. The molecule has 0 amide bonds. The molecule has 0 aromatic carbocycles. The van der Waals surface area contributed by atoms with Crippen LogP contribution in [0.3, 0.4) is 0 Å². The Bertz CT molecular complexity index is 892. The molecule has 0 heterocycles. The lowest BCUT2D eigenvalue weighted by Gasteiger charge is -2.39. The van der Waals surface area contributed by atoms with Crippen LogP contribution >= 0.6 is 0 Å². The fourth-order valence-corrected chi connectivity index (χ4v) is 8.94. The van der Waals surface area contributed by atoms with Gasteiger partial charge < -0.3 is 14.6 Å². The summed E-state index contributed by atoms with van der Waals surface area (Å²) in [5.74, 6) is 0.303. The van der Waals surface area contributed by atoms with Crippen LogP contribution in [0.15, 0.2) is 0 Å². The van der Waals surface area contributed by atoms with E-state index in [1.807, 2.05) is 0 Å². The van der Waals surface area contributed by atoms with E-state index in [2.05, 4.69) is 30.6 Å². The molecule has 2 aliphatic carbocycles. The zero-order chi connectivity index (χ0) is 39.6. The van der Waals surface area contributed by atoms with Crippen molar-refractivity contribution in [1.82, 2.24) is 9.80 Å². The summed E-state index contributed by atoms with van der Waals surface area (Å²) in [5.41, 5.74) is 0. The molecule has 2 fully saturated rings. The van der Waals surface area contributed by atoms with Crippen LogP contribution in [0.5, 0.6) is 0 Å². The van der Waals surface area contributed by atoms with Gasteiger partial charge in [0.05, 0.1) is 19.8 Å². The van der Waals surface area contributed by atoms with E-state index in [-0.39, 0.29) is 24.5 Å². The number of nitrogens with zero attached hydrogens (tertiary/aromatic N) is 2. The summed E-state index contributed by atoms with van der Waals surface area (Å²) < 4.78 is 11.9. The van der Waals surface area contributed by atoms with Crippen LogP contribution in [-0.2, 0) is 19.1 Å². The average molecular weight is 777 g/mol. The summed E-state index contributed by atoms with van der Waals surface area (Å²) in [4.78, 5) is 31.3. The third kappa shape index (κ3) is 25.7. The van der Waals surface area contributed by atoms with Gasteiger partial charge in [-0.25, -0.2) is 0 Å². The molecule has 0 aromatic heterocycles. The van der Waals surface area contributed by atoms with Crippen LogP contribution in [0.2, 0.25) is 0 Å². The van der Waals surface area contributed by atoms with Crippen molar-refractivity contribution in [3.05, 3.63) is 0 Å². The highest BCUT2D eigenvalue weighted by molar-refractivity contribution is 5.70. The number of ether oxygens (including phenoxy) is 2. The van der Waals surface area contributed by atoms with Gasteiger partial charge >= 0.3 is 11.9 Å². The largest absolute Gasteiger partial charge is 0.465 e. The Morgan fingerprint density at radius 2 is 0.945 bits per heavy atom. The van der Waals surface area contributed by atoms with E-state index in [0.29, 0.717) is 44.1 Å². The van der Waals surface area contributed by atoms with Gasteiger partial charge in [0, 0.05) is 50.5 Å². The first-order chi connectivity index (χ1) is 27.0. The minimum Gasteiger partial charge on any atom is -0.465 e. The van der Waals surface area contributed by atoms with Gasteiger partial charge in [0.1, 0.15) is 0 Å². The normalized spacial score (nSPS) is 16.2. The zero-order valence-corrected chi connectivity index (χ0v) is 36.9. The summed E-state index contributed by atoms with van der Waals surface area (Å²) in [5, 5.41) is 9.75. The van der Waals surface area contributed by atoms with Crippen LogP contribution in [0.4, 0.5) is 0 Å². The second kappa shape index (κ2) is 34.8. The van der Waals surface area contributed by atoms with Crippen molar-refractivity contribution in [3.63, 3.8) is 0 Å². The smallest absolute Gasteiger partial charge is 0.306 e. The number of carbonyl (C=O) groups excluding carboxylic acids is 2. The van der Waals surface area contributed by atoms with E-state index in [4.69, 9.17) is 9.47 Å². The molecule has 0 aromatic rings. The maximum atomic E-state index is 13.3. The maximum absolute atomic E-state index is 13.3. The highest BCUT2D eigenvalue weighted by Gasteiger charge is 2.27. The van der Waals surface area contributed by atoms with Gasteiger partial charge in [0.2, 0.25) is 0 Å². The molecule has 7 nitrogen and oxygen atoms in total. The standard InChI is InChI=1S/C48H92N2O5/c1-4-7-10-13-15-16-18-21-34-47(52)54-41-44(42-55-48(53)40-43(27-19-12-9-6-3)28-20-17-14-11-8-5-2)29-24-25-35-49(46-32-26-33-46)36-37-50(38-39-51)45-30-22-23-31-45/h43-46,51H,4-42H2,1-3H3. The molecule has 2 unspecified atom stereocenters. The summed E-state index contributed by atoms with van der Waals surface area (Å²) >= 11 is 0. The Labute approximate surface area is 341 Å². The lowest BCUT2D eigenvalue weighted by atomic mass is 9.91. The number of aliphatic hydroxyl groups is 1. The van der Waals surface area contributed by atoms with Gasteiger partial charge in [0.15, 0.2) is 0 Å². The Balaban J connectivity index is 1.88. The number of carbonyl (C=O) groups is 2. The molecule has 7 heteroatoms. The number of rotatable bonds is 39. The molecule has 0 aliphatic heterocycles.